The van der Waals surface area contributed by atoms with E-state index in [2.05, 4.69) is 26.2 Å². The van der Waals surface area contributed by atoms with Gasteiger partial charge in [0.15, 0.2) is 17.3 Å². The number of nitrogens with one attached hydrogen (secondary N) is 1. The number of hydrogen-bond donors (Lipinski definition) is 1. The van der Waals surface area contributed by atoms with Crippen LogP contribution in [0.1, 0.15) is 11.3 Å². The van der Waals surface area contributed by atoms with Gasteiger partial charge in [-0.15, -0.1) is 0 Å². The zero-order chi connectivity index (χ0) is 22.5. The molecule has 0 fully saturated rings. The Labute approximate surface area is 191 Å². The third-order valence-electron chi connectivity index (χ3n) is 5.21. The smallest absolute Gasteiger partial charge is 0.162 e. The molecule has 5 aromatic rings. The van der Waals surface area contributed by atoms with Gasteiger partial charge in [-0.3, -0.25) is 5.10 Å². The van der Waals surface area contributed by atoms with Crippen LogP contribution in [0.5, 0.6) is 17.2 Å². The average molecular weight is 438 g/mol. The lowest BCUT2D eigenvalue weighted by Crippen LogP contribution is -2.00. The van der Waals surface area contributed by atoms with Gasteiger partial charge in [-0.05, 0) is 48.0 Å². The minimum absolute atomic E-state index is 0.392. The van der Waals surface area contributed by atoms with Crippen LogP contribution in [-0.4, -0.2) is 27.3 Å². The van der Waals surface area contributed by atoms with E-state index in [-0.39, 0.29) is 0 Å². The van der Waals surface area contributed by atoms with Gasteiger partial charge in [-0.25, -0.2) is 9.97 Å². The molecule has 2 heterocycles. The van der Waals surface area contributed by atoms with E-state index in [1.165, 1.54) is 6.33 Å². The lowest BCUT2D eigenvalue weighted by Gasteiger charge is -2.12. The Morgan fingerprint density at radius 1 is 0.818 bits per heavy atom. The summed E-state index contributed by atoms with van der Waals surface area (Å²) in [4.78, 5) is 8.83. The number of pyridine rings is 1. The van der Waals surface area contributed by atoms with Gasteiger partial charge in [0.1, 0.15) is 25.3 Å². The van der Waals surface area contributed by atoms with Crippen LogP contribution in [0.15, 0.2) is 85.2 Å². The van der Waals surface area contributed by atoms with Crippen molar-refractivity contribution < 1.29 is 14.2 Å². The summed E-state index contributed by atoms with van der Waals surface area (Å²) in [5.74, 6) is 2.73. The number of H-pyrrole nitrogens is 1. The highest BCUT2D eigenvalue weighted by atomic mass is 16.5. The molecule has 3 aromatic carbocycles. The zero-order valence-corrected chi connectivity index (χ0v) is 18.1. The maximum absolute atomic E-state index is 6.02. The fourth-order valence-electron chi connectivity index (χ4n) is 3.47. The largest absolute Gasteiger partial charge is 0.493 e. The molecule has 0 radical (unpaired) electrons. The van der Waals surface area contributed by atoms with Gasteiger partial charge >= 0.3 is 0 Å². The third kappa shape index (κ3) is 4.77. The number of ether oxygens (including phenoxy) is 3. The lowest BCUT2D eigenvalue weighted by atomic mass is 10.2. The van der Waals surface area contributed by atoms with Gasteiger partial charge in [0.2, 0.25) is 0 Å². The highest BCUT2D eigenvalue weighted by Gasteiger charge is 2.09. The molecule has 164 valence electrons. The van der Waals surface area contributed by atoms with Crippen molar-refractivity contribution in [1.82, 2.24) is 20.2 Å². The lowest BCUT2D eigenvalue weighted by molar-refractivity contribution is 0.283. The molecule has 0 spiro atoms. The number of methoxy groups -OCH3 is 1. The van der Waals surface area contributed by atoms with Crippen molar-refractivity contribution in [2.45, 2.75) is 13.2 Å². The summed E-state index contributed by atoms with van der Waals surface area (Å²) < 4.78 is 17.4. The third-order valence-corrected chi connectivity index (χ3v) is 5.21. The first-order valence-corrected chi connectivity index (χ1v) is 10.5. The number of benzene rings is 3. The Kier molecular flexibility index (Phi) is 5.84. The molecule has 1 N–H and O–H groups in total. The first kappa shape index (κ1) is 20.5. The highest BCUT2D eigenvalue weighted by Crippen LogP contribution is 2.32. The van der Waals surface area contributed by atoms with Crippen LogP contribution in [0.2, 0.25) is 0 Å². The van der Waals surface area contributed by atoms with E-state index in [9.17, 15) is 0 Å². The summed E-state index contributed by atoms with van der Waals surface area (Å²) in [6, 6.07) is 25.6. The predicted octanol–water partition coefficient (Wildman–Crippen LogP) is 5.19. The fraction of sp³-hybridized carbons (Fsp3) is 0.115. The molecule has 0 bridgehead atoms. The molecule has 0 saturated carbocycles. The highest BCUT2D eigenvalue weighted by molar-refractivity contribution is 5.78. The van der Waals surface area contributed by atoms with Gasteiger partial charge in [0.25, 0.3) is 0 Å². The Hall–Kier alpha value is -4.39. The number of fused-ring (bicyclic) bond motifs is 1. The van der Waals surface area contributed by atoms with E-state index in [4.69, 9.17) is 14.2 Å². The van der Waals surface area contributed by atoms with Crippen LogP contribution in [0.4, 0.5) is 0 Å². The number of hydrogen-bond acceptors (Lipinski definition) is 6. The van der Waals surface area contributed by atoms with Crippen molar-refractivity contribution in [1.29, 1.82) is 0 Å². The SMILES string of the molecule is COc1ccc(-c2ncn[nH]2)cc1OCc1ccc(OCc2ccc3ccccc3n2)cc1. The topological polar surface area (TPSA) is 82.2 Å². The molecule has 0 amide bonds. The summed E-state index contributed by atoms with van der Waals surface area (Å²) in [5.41, 5.74) is 3.74. The van der Waals surface area contributed by atoms with Gasteiger partial charge in [0.05, 0.1) is 18.3 Å². The van der Waals surface area contributed by atoms with Gasteiger partial charge < -0.3 is 14.2 Å². The van der Waals surface area contributed by atoms with Crippen LogP contribution in [-0.2, 0) is 13.2 Å². The van der Waals surface area contributed by atoms with Crippen LogP contribution in [0, 0.1) is 0 Å². The van der Waals surface area contributed by atoms with Crippen molar-refractivity contribution >= 4 is 10.9 Å². The predicted molar refractivity (Wildman–Crippen MR) is 125 cm³/mol. The summed E-state index contributed by atoms with van der Waals surface area (Å²) >= 11 is 0. The summed E-state index contributed by atoms with van der Waals surface area (Å²) in [5, 5.41) is 7.87. The molecular weight excluding hydrogens is 416 g/mol. The van der Waals surface area contributed by atoms with Crippen LogP contribution < -0.4 is 14.2 Å². The number of nitrogens with zero attached hydrogens (tertiary/aromatic N) is 3. The molecule has 7 nitrogen and oxygen atoms in total. The summed E-state index contributed by atoms with van der Waals surface area (Å²) in [6.07, 6.45) is 1.47. The van der Waals surface area contributed by atoms with E-state index in [1.54, 1.807) is 7.11 Å². The Bertz CT molecular complexity index is 1350. The van der Waals surface area contributed by atoms with Crippen molar-refractivity contribution in [3.8, 4) is 28.6 Å². The Balaban J connectivity index is 1.21. The second-order valence-electron chi connectivity index (χ2n) is 7.42. The maximum Gasteiger partial charge on any atom is 0.162 e. The van der Waals surface area contributed by atoms with E-state index in [0.717, 1.165) is 33.5 Å². The minimum atomic E-state index is 0.392. The van der Waals surface area contributed by atoms with E-state index in [0.29, 0.717) is 30.5 Å². The van der Waals surface area contributed by atoms with Crippen molar-refractivity contribution in [2.24, 2.45) is 0 Å². The quantitative estimate of drug-likeness (QED) is 0.359. The first-order valence-electron chi connectivity index (χ1n) is 10.5. The molecule has 0 atom stereocenters. The molecule has 0 aliphatic rings. The second-order valence-corrected chi connectivity index (χ2v) is 7.42. The Morgan fingerprint density at radius 3 is 2.52 bits per heavy atom. The molecule has 7 heteroatoms. The summed E-state index contributed by atoms with van der Waals surface area (Å²) in [7, 11) is 1.62. The van der Waals surface area contributed by atoms with Crippen LogP contribution >= 0.6 is 0 Å². The van der Waals surface area contributed by atoms with E-state index in [1.807, 2.05) is 72.8 Å². The number of aromatic nitrogens is 4. The van der Waals surface area contributed by atoms with Gasteiger partial charge in [-0.1, -0.05) is 36.4 Å². The number of para-hydroxylation sites is 1. The fourth-order valence-corrected chi connectivity index (χ4v) is 3.47. The Morgan fingerprint density at radius 2 is 1.70 bits per heavy atom. The van der Waals surface area contributed by atoms with Crippen LogP contribution in [0.25, 0.3) is 22.3 Å². The van der Waals surface area contributed by atoms with Crippen molar-refractivity contribution in [3.63, 3.8) is 0 Å². The maximum atomic E-state index is 6.02. The molecule has 2 aromatic heterocycles. The molecule has 0 aliphatic heterocycles. The zero-order valence-electron chi connectivity index (χ0n) is 18.1. The first-order chi connectivity index (χ1) is 16.3. The van der Waals surface area contributed by atoms with Gasteiger partial charge in [0, 0.05) is 10.9 Å². The molecule has 0 aliphatic carbocycles. The van der Waals surface area contributed by atoms with E-state index >= 15 is 0 Å². The monoisotopic (exact) mass is 438 g/mol. The second kappa shape index (κ2) is 9.40. The normalized spacial score (nSPS) is 10.8. The van der Waals surface area contributed by atoms with E-state index < -0.39 is 0 Å². The average Bonchev–Trinajstić information content (AvgIpc) is 3.42. The van der Waals surface area contributed by atoms with Crippen LogP contribution in [0.3, 0.4) is 0 Å². The number of rotatable bonds is 8. The van der Waals surface area contributed by atoms with Crippen molar-refractivity contribution in [2.75, 3.05) is 7.11 Å². The molecule has 0 unspecified atom stereocenters. The summed E-state index contributed by atoms with van der Waals surface area (Å²) in [6.45, 7) is 0.801. The van der Waals surface area contributed by atoms with Crippen molar-refractivity contribution in [3.05, 3.63) is 96.4 Å². The molecule has 0 saturated heterocycles. The minimum Gasteiger partial charge on any atom is -0.493 e. The number of aromatic amines is 1. The molecular formula is C26H22N4O3. The molecule has 5 rings (SSSR count). The molecule has 33 heavy (non-hydrogen) atoms. The van der Waals surface area contributed by atoms with Gasteiger partial charge in [-0.2, -0.15) is 5.10 Å². The standard InChI is InChI=1S/C26H22N4O3/c1-31-24-13-9-20(26-27-17-28-30-26)14-25(24)33-15-18-6-11-22(12-7-18)32-16-21-10-8-19-4-2-3-5-23(19)29-21/h2-14,17H,15-16H2,1H3,(H,27,28,30).